The molecule has 1 fully saturated rings. The molecule has 1 heterocycles. The number of aliphatic carboxylic acids is 1. The van der Waals surface area contributed by atoms with Crippen LogP contribution in [0.25, 0.3) is 0 Å². The van der Waals surface area contributed by atoms with Gasteiger partial charge in [0.05, 0.1) is 5.92 Å². The van der Waals surface area contributed by atoms with Crippen LogP contribution < -0.4 is 0 Å². The van der Waals surface area contributed by atoms with E-state index in [0.717, 1.165) is 38.0 Å². The molecule has 1 aliphatic heterocycles. The SMILES string of the molecule is Cc1cc(O)ccc1CN1CCC(C(=O)O)CC1. The smallest absolute Gasteiger partial charge is 0.306 e. The van der Waals surface area contributed by atoms with Crippen molar-refractivity contribution >= 4 is 5.97 Å². The highest BCUT2D eigenvalue weighted by molar-refractivity contribution is 5.70. The lowest BCUT2D eigenvalue weighted by Gasteiger charge is -2.30. The van der Waals surface area contributed by atoms with Crippen LogP contribution in [-0.4, -0.2) is 34.2 Å². The van der Waals surface area contributed by atoms with E-state index in [0.29, 0.717) is 5.75 Å². The Morgan fingerprint density at radius 3 is 2.61 bits per heavy atom. The van der Waals surface area contributed by atoms with Crippen molar-refractivity contribution < 1.29 is 15.0 Å². The first kappa shape index (κ1) is 12.9. The van der Waals surface area contributed by atoms with Gasteiger partial charge in [-0.15, -0.1) is 0 Å². The Balaban J connectivity index is 1.93. The van der Waals surface area contributed by atoms with Gasteiger partial charge in [-0.2, -0.15) is 0 Å². The zero-order valence-corrected chi connectivity index (χ0v) is 10.6. The number of likely N-dealkylation sites (tertiary alicyclic amines) is 1. The summed E-state index contributed by atoms with van der Waals surface area (Å²) >= 11 is 0. The minimum absolute atomic E-state index is 0.179. The van der Waals surface area contributed by atoms with Crippen LogP contribution in [-0.2, 0) is 11.3 Å². The third-order valence-corrected chi connectivity index (χ3v) is 3.66. The molecule has 1 aliphatic rings. The molecule has 0 saturated carbocycles. The maximum atomic E-state index is 10.9. The van der Waals surface area contributed by atoms with Gasteiger partial charge in [0.15, 0.2) is 0 Å². The quantitative estimate of drug-likeness (QED) is 0.860. The van der Waals surface area contributed by atoms with Gasteiger partial charge in [0.2, 0.25) is 0 Å². The van der Waals surface area contributed by atoms with E-state index in [2.05, 4.69) is 4.90 Å². The number of piperidine rings is 1. The molecule has 0 atom stereocenters. The predicted molar refractivity (Wildman–Crippen MR) is 68.5 cm³/mol. The maximum Gasteiger partial charge on any atom is 0.306 e. The summed E-state index contributed by atoms with van der Waals surface area (Å²) in [6.45, 7) is 4.48. The number of aromatic hydroxyl groups is 1. The fourth-order valence-corrected chi connectivity index (χ4v) is 2.44. The Hall–Kier alpha value is -1.55. The number of carboxylic acids is 1. The maximum absolute atomic E-state index is 10.9. The molecular formula is C14H19NO3. The van der Waals surface area contributed by atoms with E-state index < -0.39 is 5.97 Å². The first-order valence-corrected chi connectivity index (χ1v) is 6.30. The van der Waals surface area contributed by atoms with Gasteiger partial charge in [0.25, 0.3) is 0 Å². The average molecular weight is 249 g/mol. The molecule has 2 N–H and O–H groups in total. The van der Waals surface area contributed by atoms with Gasteiger partial charge in [-0.1, -0.05) is 6.07 Å². The van der Waals surface area contributed by atoms with Crippen LogP contribution >= 0.6 is 0 Å². The number of hydrogen-bond donors (Lipinski definition) is 2. The lowest BCUT2D eigenvalue weighted by Crippen LogP contribution is -2.35. The Bertz CT molecular complexity index is 437. The highest BCUT2D eigenvalue weighted by Crippen LogP contribution is 2.22. The molecule has 98 valence electrons. The van der Waals surface area contributed by atoms with Crippen LogP contribution in [0.2, 0.25) is 0 Å². The normalized spacial score (nSPS) is 17.8. The Labute approximate surface area is 107 Å². The zero-order valence-electron chi connectivity index (χ0n) is 10.6. The number of carboxylic acid groups (broad SMARTS) is 1. The molecule has 1 aromatic rings. The summed E-state index contributed by atoms with van der Waals surface area (Å²) < 4.78 is 0. The minimum Gasteiger partial charge on any atom is -0.508 e. The van der Waals surface area contributed by atoms with Crippen molar-refractivity contribution in [2.24, 2.45) is 5.92 Å². The van der Waals surface area contributed by atoms with E-state index in [-0.39, 0.29) is 5.92 Å². The van der Waals surface area contributed by atoms with Crippen molar-refractivity contribution in [3.05, 3.63) is 29.3 Å². The van der Waals surface area contributed by atoms with Crippen molar-refractivity contribution in [1.29, 1.82) is 0 Å². The lowest BCUT2D eigenvalue weighted by molar-refractivity contribution is -0.143. The number of phenolic OH excluding ortho intramolecular Hbond substituents is 1. The molecule has 0 amide bonds. The number of hydrogen-bond acceptors (Lipinski definition) is 3. The second kappa shape index (κ2) is 5.40. The molecule has 4 nitrogen and oxygen atoms in total. The molecule has 0 spiro atoms. The van der Waals surface area contributed by atoms with Gasteiger partial charge in [0, 0.05) is 6.54 Å². The number of phenols is 1. The topological polar surface area (TPSA) is 60.8 Å². The summed E-state index contributed by atoms with van der Waals surface area (Å²) in [7, 11) is 0. The third kappa shape index (κ3) is 3.01. The Kier molecular flexibility index (Phi) is 3.87. The second-order valence-corrected chi connectivity index (χ2v) is 5.00. The van der Waals surface area contributed by atoms with Crippen LogP contribution in [0.3, 0.4) is 0 Å². The molecule has 0 unspecified atom stereocenters. The van der Waals surface area contributed by atoms with Crippen molar-refractivity contribution in [3.63, 3.8) is 0 Å². The highest BCUT2D eigenvalue weighted by atomic mass is 16.4. The van der Waals surface area contributed by atoms with Crippen LogP contribution in [0, 0.1) is 12.8 Å². The van der Waals surface area contributed by atoms with Crippen molar-refractivity contribution in [2.45, 2.75) is 26.3 Å². The average Bonchev–Trinajstić information content (AvgIpc) is 2.33. The van der Waals surface area contributed by atoms with E-state index in [1.807, 2.05) is 13.0 Å². The fourth-order valence-electron chi connectivity index (χ4n) is 2.44. The minimum atomic E-state index is -0.671. The van der Waals surface area contributed by atoms with Crippen molar-refractivity contribution in [3.8, 4) is 5.75 Å². The highest BCUT2D eigenvalue weighted by Gasteiger charge is 2.24. The summed E-state index contributed by atoms with van der Waals surface area (Å²) in [5.41, 5.74) is 2.27. The molecule has 0 radical (unpaired) electrons. The number of rotatable bonds is 3. The summed E-state index contributed by atoms with van der Waals surface area (Å²) in [6.07, 6.45) is 1.46. The first-order valence-electron chi connectivity index (χ1n) is 6.30. The molecule has 0 aliphatic carbocycles. The van der Waals surface area contributed by atoms with Crippen LogP contribution in [0.4, 0.5) is 0 Å². The van der Waals surface area contributed by atoms with Crippen molar-refractivity contribution in [1.82, 2.24) is 4.90 Å². The largest absolute Gasteiger partial charge is 0.508 e. The van der Waals surface area contributed by atoms with E-state index in [1.165, 1.54) is 5.56 Å². The molecule has 18 heavy (non-hydrogen) atoms. The second-order valence-electron chi connectivity index (χ2n) is 5.00. The number of carbonyl (C=O) groups is 1. The fraction of sp³-hybridized carbons (Fsp3) is 0.500. The monoisotopic (exact) mass is 249 g/mol. The third-order valence-electron chi connectivity index (χ3n) is 3.66. The molecule has 1 aromatic carbocycles. The number of benzene rings is 1. The summed E-state index contributed by atoms with van der Waals surface area (Å²) in [5, 5.41) is 18.3. The van der Waals surface area contributed by atoms with Crippen LogP contribution in [0.1, 0.15) is 24.0 Å². The molecule has 2 rings (SSSR count). The van der Waals surface area contributed by atoms with E-state index in [9.17, 15) is 9.90 Å². The Morgan fingerprint density at radius 2 is 2.06 bits per heavy atom. The molecule has 0 aromatic heterocycles. The zero-order chi connectivity index (χ0) is 13.1. The van der Waals surface area contributed by atoms with Gasteiger partial charge in [-0.25, -0.2) is 0 Å². The van der Waals surface area contributed by atoms with Crippen LogP contribution in [0.15, 0.2) is 18.2 Å². The number of nitrogens with zero attached hydrogens (tertiary/aromatic N) is 1. The standard InChI is InChI=1S/C14H19NO3/c1-10-8-13(16)3-2-12(10)9-15-6-4-11(5-7-15)14(17)18/h2-3,8,11,16H,4-7,9H2,1H3,(H,17,18). The molecular weight excluding hydrogens is 230 g/mol. The number of aryl methyl sites for hydroxylation is 1. The van der Waals surface area contributed by atoms with E-state index in [4.69, 9.17) is 5.11 Å². The van der Waals surface area contributed by atoms with Gasteiger partial charge in [-0.3, -0.25) is 9.69 Å². The predicted octanol–water partition coefficient (Wildman–Crippen LogP) is 2.00. The van der Waals surface area contributed by atoms with Gasteiger partial charge >= 0.3 is 5.97 Å². The molecule has 1 saturated heterocycles. The summed E-state index contributed by atoms with van der Waals surface area (Å²) in [4.78, 5) is 13.1. The lowest BCUT2D eigenvalue weighted by atomic mass is 9.96. The van der Waals surface area contributed by atoms with Gasteiger partial charge < -0.3 is 10.2 Å². The van der Waals surface area contributed by atoms with Gasteiger partial charge in [0.1, 0.15) is 5.75 Å². The van der Waals surface area contributed by atoms with Crippen LogP contribution in [0.5, 0.6) is 5.75 Å². The Morgan fingerprint density at radius 1 is 1.39 bits per heavy atom. The van der Waals surface area contributed by atoms with E-state index in [1.54, 1.807) is 12.1 Å². The molecule has 0 bridgehead atoms. The summed E-state index contributed by atoms with van der Waals surface area (Å²) in [6, 6.07) is 5.40. The van der Waals surface area contributed by atoms with Gasteiger partial charge in [-0.05, 0) is 56.1 Å². The molecule has 4 heteroatoms. The first-order chi connectivity index (χ1) is 8.56. The van der Waals surface area contributed by atoms with Crippen molar-refractivity contribution in [2.75, 3.05) is 13.1 Å². The summed E-state index contributed by atoms with van der Waals surface area (Å²) in [5.74, 6) is -0.557. The van der Waals surface area contributed by atoms with E-state index >= 15 is 0 Å².